The molecule has 2 aromatic rings. The summed E-state index contributed by atoms with van der Waals surface area (Å²) in [6.45, 7) is 3.76. The molecule has 3 rings (SSSR count). The Kier molecular flexibility index (Phi) is 6.20. The molecule has 2 heterocycles. The number of alkyl halides is 3. The number of halogens is 3. The van der Waals surface area contributed by atoms with Crippen LogP contribution >= 0.6 is 0 Å². The fourth-order valence-electron chi connectivity index (χ4n) is 3.44. The number of hydrogen-bond acceptors (Lipinski definition) is 4. The second-order valence-corrected chi connectivity index (χ2v) is 7.09. The van der Waals surface area contributed by atoms with Crippen LogP contribution in [-0.2, 0) is 19.3 Å². The summed E-state index contributed by atoms with van der Waals surface area (Å²) in [5.41, 5.74) is 1.15. The van der Waals surface area contributed by atoms with Crippen LogP contribution < -0.4 is 4.74 Å². The number of rotatable bonds is 5. The van der Waals surface area contributed by atoms with Crippen molar-refractivity contribution in [3.8, 4) is 11.8 Å². The SMILES string of the molecule is Cc1cc(OCc2cncc(C#N)c2)c(CN2CCCCC2)cc1C(F)(F)F. The molecule has 1 fully saturated rings. The van der Waals surface area contributed by atoms with Gasteiger partial charge in [0.2, 0.25) is 0 Å². The molecule has 1 aliphatic rings. The van der Waals surface area contributed by atoms with Crippen LogP contribution in [-0.4, -0.2) is 23.0 Å². The van der Waals surface area contributed by atoms with Gasteiger partial charge < -0.3 is 4.74 Å². The summed E-state index contributed by atoms with van der Waals surface area (Å²) in [5.74, 6) is 0.443. The van der Waals surface area contributed by atoms with E-state index in [4.69, 9.17) is 10.00 Å². The minimum absolute atomic E-state index is 0.133. The molecule has 28 heavy (non-hydrogen) atoms. The van der Waals surface area contributed by atoms with E-state index < -0.39 is 11.7 Å². The van der Waals surface area contributed by atoms with E-state index in [0.717, 1.165) is 32.4 Å². The van der Waals surface area contributed by atoms with Crippen molar-refractivity contribution < 1.29 is 17.9 Å². The van der Waals surface area contributed by atoms with Gasteiger partial charge in [-0.15, -0.1) is 0 Å². The quantitative estimate of drug-likeness (QED) is 0.734. The maximum Gasteiger partial charge on any atom is 0.416 e. The Balaban J connectivity index is 1.86. The number of pyridine rings is 1. The molecule has 148 valence electrons. The monoisotopic (exact) mass is 389 g/mol. The van der Waals surface area contributed by atoms with Gasteiger partial charge in [0.1, 0.15) is 18.4 Å². The van der Waals surface area contributed by atoms with Crippen LogP contribution in [0.15, 0.2) is 30.6 Å². The van der Waals surface area contributed by atoms with E-state index >= 15 is 0 Å². The van der Waals surface area contributed by atoms with E-state index in [0.29, 0.717) is 29.0 Å². The molecule has 0 unspecified atom stereocenters. The summed E-state index contributed by atoms with van der Waals surface area (Å²) < 4.78 is 46.0. The Hall–Kier alpha value is -2.59. The highest BCUT2D eigenvalue weighted by molar-refractivity contribution is 5.44. The number of nitriles is 1. The predicted molar refractivity (Wildman–Crippen MR) is 98.6 cm³/mol. The number of benzene rings is 1. The molecular formula is C21H22F3N3O. The molecule has 0 radical (unpaired) electrons. The predicted octanol–water partition coefficient (Wildman–Crippen LogP) is 4.85. The lowest BCUT2D eigenvalue weighted by Gasteiger charge is -2.28. The summed E-state index contributed by atoms with van der Waals surface area (Å²) in [4.78, 5) is 6.15. The average molecular weight is 389 g/mol. The molecule has 7 heteroatoms. The first-order chi connectivity index (χ1) is 13.4. The number of nitrogens with zero attached hydrogens (tertiary/aromatic N) is 3. The number of ether oxygens (including phenoxy) is 1. The minimum Gasteiger partial charge on any atom is -0.489 e. The minimum atomic E-state index is -4.40. The summed E-state index contributed by atoms with van der Waals surface area (Å²) in [5, 5.41) is 8.97. The lowest BCUT2D eigenvalue weighted by molar-refractivity contribution is -0.138. The molecule has 0 N–H and O–H groups in total. The Morgan fingerprint density at radius 2 is 1.89 bits per heavy atom. The van der Waals surface area contributed by atoms with Crippen LogP contribution in [0.1, 0.15) is 47.1 Å². The van der Waals surface area contributed by atoms with Gasteiger partial charge in [0.25, 0.3) is 0 Å². The van der Waals surface area contributed by atoms with Crippen LogP contribution in [0.5, 0.6) is 5.75 Å². The molecule has 0 atom stereocenters. The van der Waals surface area contributed by atoms with Crippen LogP contribution in [0.3, 0.4) is 0 Å². The number of hydrogen-bond donors (Lipinski definition) is 0. The van der Waals surface area contributed by atoms with E-state index in [-0.39, 0.29) is 12.2 Å². The van der Waals surface area contributed by atoms with Crippen molar-refractivity contribution in [1.29, 1.82) is 5.26 Å². The lowest BCUT2D eigenvalue weighted by atomic mass is 10.0. The maximum absolute atomic E-state index is 13.4. The molecule has 1 saturated heterocycles. The van der Waals surface area contributed by atoms with Crippen molar-refractivity contribution in [3.63, 3.8) is 0 Å². The van der Waals surface area contributed by atoms with E-state index in [1.54, 1.807) is 12.3 Å². The van der Waals surface area contributed by atoms with Gasteiger partial charge in [0, 0.05) is 30.1 Å². The largest absolute Gasteiger partial charge is 0.489 e. The third-order valence-corrected chi connectivity index (χ3v) is 4.87. The smallest absolute Gasteiger partial charge is 0.416 e. The second kappa shape index (κ2) is 8.61. The molecule has 1 aliphatic heterocycles. The van der Waals surface area contributed by atoms with Gasteiger partial charge in [-0.2, -0.15) is 18.4 Å². The zero-order valence-corrected chi connectivity index (χ0v) is 15.7. The maximum atomic E-state index is 13.4. The van der Waals surface area contributed by atoms with Gasteiger partial charge in [0.05, 0.1) is 11.1 Å². The first kappa shape index (κ1) is 20.2. The molecule has 0 aliphatic carbocycles. The Bertz CT molecular complexity index is 868. The van der Waals surface area contributed by atoms with E-state index in [2.05, 4.69) is 9.88 Å². The van der Waals surface area contributed by atoms with Crippen molar-refractivity contribution in [2.75, 3.05) is 13.1 Å². The van der Waals surface area contributed by atoms with Gasteiger partial charge >= 0.3 is 6.18 Å². The third-order valence-electron chi connectivity index (χ3n) is 4.87. The highest BCUT2D eigenvalue weighted by Gasteiger charge is 2.33. The van der Waals surface area contributed by atoms with Crippen molar-refractivity contribution >= 4 is 0 Å². The highest BCUT2D eigenvalue weighted by atomic mass is 19.4. The lowest BCUT2D eigenvalue weighted by Crippen LogP contribution is -2.29. The van der Waals surface area contributed by atoms with Gasteiger partial charge in [-0.3, -0.25) is 9.88 Å². The van der Waals surface area contributed by atoms with Crippen LogP contribution in [0.25, 0.3) is 0 Å². The second-order valence-electron chi connectivity index (χ2n) is 7.09. The topological polar surface area (TPSA) is 49.1 Å². The van der Waals surface area contributed by atoms with E-state index in [9.17, 15) is 13.2 Å². The molecular weight excluding hydrogens is 367 g/mol. The number of piperidine rings is 1. The number of aromatic nitrogens is 1. The first-order valence-corrected chi connectivity index (χ1v) is 9.26. The molecule has 0 bridgehead atoms. The summed E-state index contributed by atoms with van der Waals surface area (Å²) >= 11 is 0. The van der Waals surface area contributed by atoms with Gasteiger partial charge in [0.15, 0.2) is 0 Å². The zero-order chi connectivity index (χ0) is 20.1. The Morgan fingerprint density at radius 1 is 1.14 bits per heavy atom. The first-order valence-electron chi connectivity index (χ1n) is 9.26. The van der Waals surface area contributed by atoms with E-state index in [1.165, 1.54) is 25.3 Å². The van der Waals surface area contributed by atoms with Crippen LogP contribution in [0.4, 0.5) is 13.2 Å². The Labute approximate surface area is 162 Å². The fraction of sp³-hybridized carbons (Fsp3) is 0.429. The van der Waals surface area contributed by atoms with Crippen molar-refractivity contribution in [2.45, 2.75) is 45.5 Å². The molecule has 1 aromatic carbocycles. The highest BCUT2D eigenvalue weighted by Crippen LogP contribution is 2.36. The van der Waals surface area contributed by atoms with Gasteiger partial charge in [-0.1, -0.05) is 6.42 Å². The standard InChI is InChI=1S/C21H22F3N3O/c1-15-7-20(28-14-17-8-16(10-25)11-26-12-17)18(9-19(15)21(22,23)24)13-27-5-3-2-4-6-27/h7-9,11-12H,2-6,13-14H2,1H3. The van der Waals surface area contributed by atoms with Crippen molar-refractivity contribution in [3.05, 3.63) is 58.4 Å². The molecule has 0 spiro atoms. The van der Waals surface area contributed by atoms with Crippen LogP contribution in [0, 0.1) is 18.3 Å². The summed E-state index contributed by atoms with van der Waals surface area (Å²) in [6, 6.07) is 6.35. The van der Waals surface area contributed by atoms with Gasteiger partial charge in [-0.25, -0.2) is 0 Å². The number of likely N-dealkylation sites (tertiary alicyclic amines) is 1. The van der Waals surface area contributed by atoms with Crippen LogP contribution in [0.2, 0.25) is 0 Å². The fourth-order valence-corrected chi connectivity index (χ4v) is 3.44. The third kappa shape index (κ3) is 5.02. The van der Waals surface area contributed by atoms with Gasteiger partial charge in [-0.05, 0) is 56.6 Å². The average Bonchev–Trinajstić information content (AvgIpc) is 2.68. The zero-order valence-electron chi connectivity index (χ0n) is 15.7. The normalized spacial score (nSPS) is 15.2. The number of aryl methyl sites for hydroxylation is 1. The van der Waals surface area contributed by atoms with Crippen molar-refractivity contribution in [2.24, 2.45) is 0 Å². The molecule has 4 nitrogen and oxygen atoms in total. The molecule has 0 amide bonds. The molecule has 1 aromatic heterocycles. The van der Waals surface area contributed by atoms with Crippen molar-refractivity contribution in [1.82, 2.24) is 9.88 Å². The molecule has 0 saturated carbocycles. The Morgan fingerprint density at radius 3 is 2.57 bits per heavy atom. The van der Waals surface area contributed by atoms with E-state index in [1.807, 2.05) is 6.07 Å². The summed E-state index contributed by atoms with van der Waals surface area (Å²) in [7, 11) is 0. The summed E-state index contributed by atoms with van der Waals surface area (Å²) in [6.07, 6.45) is 1.91.